The summed E-state index contributed by atoms with van der Waals surface area (Å²) >= 11 is -1.72. The average molecular weight is 801 g/mol. The number of esters is 3. The normalized spacial score (nSPS) is 9.96. The van der Waals surface area contributed by atoms with Crippen LogP contribution in [-0.4, -0.2) is 75.6 Å². The van der Waals surface area contributed by atoms with E-state index in [2.05, 4.69) is 15.0 Å². The van der Waals surface area contributed by atoms with E-state index in [1.165, 1.54) is 13.8 Å². The predicted molar refractivity (Wildman–Crippen MR) is 213 cm³/mol. The van der Waals surface area contributed by atoms with E-state index in [9.17, 15) is 24.0 Å². The third kappa shape index (κ3) is 12.8. The minimum atomic E-state index is -1.72. The van der Waals surface area contributed by atoms with Crippen LogP contribution in [0, 0.1) is 0 Å². The molecule has 0 saturated carbocycles. The lowest BCUT2D eigenvalue weighted by molar-refractivity contribution is 0.0510. The Labute approximate surface area is 324 Å². The fourth-order valence-corrected chi connectivity index (χ4v) is 4.93. The zero-order valence-corrected chi connectivity index (χ0v) is 32.5. The molecule has 3 aromatic heterocycles. The number of hydrogen-bond acceptors (Lipinski definition) is 8. The topological polar surface area (TPSA) is 160 Å². The highest BCUT2D eigenvalue weighted by Crippen LogP contribution is 2.23. The van der Waals surface area contributed by atoms with Crippen molar-refractivity contribution in [2.45, 2.75) is 42.0 Å². The number of fused-ring (bicyclic) bond motifs is 3. The molecule has 3 aromatic carbocycles. The summed E-state index contributed by atoms with van der Waals surface area (Å²) < 4.78 is 14.7. The van der Waals surface area contributed by atoms with Crippen molar-refractivity contribution in [3.05, 3.63) is 107 Å². The van der Waals surface area contributed by atoms with Crippen molar-refractivity contribution in [2.75, 3.05) is 19.8 Å². The summed E-state index contributed by atoms with van der Waals surface area (Å²) in [5, 5.41) is 2.61. The number of benzene rings is 3. The summed E-state index contributed by atoms with van der Waals surface area (Å²) in [6.07, 6.45) is 0. The molecule has 0 saturated heterocycles. The molecule has 0 unspecified atom stereocenters. The number of para-hydroxylation sites is 2. The molecule has 3 heterocycles. The number of carbonyl (C=O) groups excluding carboxylic acids is 5. The highest BCUT2D eigenvalue weighted by atomic mass is 35.8. The molecule has 3 N–H and O–H groups in total. The molecule has 280 valence electrons. The van der Waals surface area contributed by atoms with E-state index in [0.29, 0.717) is 35.7 Å². The van der Waals surface area contributed by atoms with Gasteiger partial charge in [0.25, 0.3) is 0 Å². The van der Waals surface area contributed by atoms with E-state index in [1.807, 2.05) is 48.5 Å². The standard InChI is InChI=1S/2C13H13NO3.C11H11NO2.CH4.Al.3ClH/c1-3-17-13(16)12-7-10-6-9(8(2)15)4-5-11(10)14-12;1-3-17-13(16)12-11(8(2)15)9-6-4-5-7-10(9)14-12;1-2-14-11(13)10-7-8-5-3-4-6-9(8)12-10;;;;;/h2*4-7,14H,3H2,1-2H3;3-7,12H,2H2,1H3;1H4;;3*1H/q;;;;+3;;;/p-3. The molecule has 6 rings (SSSR count). The van der Waals surface area contributed by atoms with Gasteiger partial charge >= 0.3 is 29.3 Å². The third-order valence-corrected chi connectivity index (χ3v) is 7.09. The van der Waals surface area contributed by atoms with E-state index >= 15 is 0 Å². The molecule has 0 aliphatic carbocycles. The number of nitrogens with one attached hydrogen (secondary N) is 3. The summed E-state index contributed by atoms with van der Waals surface area (Å²) in [4.78, 5) is 66.4. The van der Waals surface area contributed by atoms with Crippen LogP contribution in [0.25, 0.3) is 32.7 Å². The number of ketones is 2. The average Bonchev–Trinajstić information content (AvgIpc) is 3.84. The second-order valence-electron chi connectivity index (χ2n) is 10.7. The Morgan fingerprint density at radius 3 is 1.57 bits per heavy atom. The van der Waals surface area contributed by atoms with Crippen LogP contribution in [0.4, 0.5) is 0 Å². The van der Waals surface area contributed by atoms with E-state index < -0.39 is 17.4 Å². The van der Waals surface area contributed by atoms with Gasteiger partial charge in [0.15, 0.2) is 11.6 Å². The van der Waals surface area contributed by atoms with Crippen LogP contribution in [-0.2, 0) is 14.2 Å². The molecule has 53 heavy (non-hydrogen) atoms. The monoisotopic (exact) mass is 799 g/mol. The van der Waals surface area contributed by atoms with Gasteiger partial charge in [-0.1, -0.05) is 43.8 Å². The Bertz CT molecular complexity index is 2140. The smallest absolute Gasteiger partial charge is 0.461 e. The van der Waals surface area contributed by atoms with Crippen molar-refractivity contribution >= 4 is 104 Å². The van der Waals surface area contributed by atoms with Crippen LogP contribution < -0.4 is 0 Å². The first-order valence-corrected chi connectivity index (χ1v) is 21.3. The molecule has 0 atom stereocenters. The molecule has 0 aliphatic heterocycles. The van der Waals surface area contributed by atoms with Crippen molar-refractivity contribution < 1.29 is 38.2 Å². The lowest BCUT2D eigenvalue weighted by Gasteiger charge is -2.01. The minimum absolute atomic E-state index is 0. The Balaban J connectivity index is 0.000000260. The minimum Gasteiger partial charge on any atom is -0.461 e. The number of halogens is 3. The Morgan fingerprint density at radius 2 is 1.06 bits per heavy atom. The van der Waals surface area contributed by atoms with Crippen LogP contribution in [0.5, 0.6) is 0 Å². The number of carbonyl (C=O) groups is 5. The number of rotatable bonds is 8. The van der Waals surface area contributed by atoms with Gasteiger partial charge < -0.3 is 29.2 Å². The number of ether oxygens (including phenoxy) is 3. The molecular weight excluding hydrogens is 760 g/mol. The van der Waals surface area contributed by atoms with Crippen LogP contribution in [0.15, 0.2) is 78.9 Å². The van der Waals surface area contributed by atoms with E-state index in [1.54, 1.807) is 51.1 Å². The van der Waals surface area contributed by atoms with Crippen LogP contribution in [0.2, 0.25) is 0 Å². The van der Waals surface area contributed by atoms with E-state index in [-0.39, 0.29) is 43.2 Å². The predicted octanol–water partition coefficient (Wildman–Crippen LogP) is 9.76. The number of Topliss-reactive ketones (excluding diaryl/α,β-unsaturated/α-hetero) is 2. The second-order valence-corrected chi connectivity index (χ2v) is 17.1. The molecule has 0 amide bonds. The van der Waals surface area contributed by atoms with Gasteiger partial charge in [0.05, 0.1) is 25.4 Å². The van der Waals surface area contributed by atoms with Crippen molar-refractivity contribution in [3.8, 4) is 0 Å². The van der Waals surface area contributed by atoms with Gasteiger partial charge in [-0.2, -0.15) is 0 Å². The van der Waals surface area contributed by atoms with Crippen molar-refractivity contribution in [1.29, 1.82) is 0 Å². The van der Waals surface area contributed by atoms with Gasteiger partial charge in [0.2, 0.25) is 0 Å². The first-order valence-electron chi connectivity index (χ1n) is 16.1. The zero-order valence-electron chi connectivity index (χ0n) is 29.1. The first kappa shape index (κ1) is 44.6. The van der Waals surface area contributed by atoms with Gasteiger partial charge in [-0.15, -0.1) is 0 Å². The summed E-state index contributed by atoms with van der Waals surface area (Å²) in [5.74, 6) is -1.32. The number of aromatic amines is 3. The largest absolute Gasteiger partial charge is 0.643 e. The fraction of sp³-hybridized carbons (Fsp3) is 0.237. The summed E-state index contributed by atoms with van der Waals surface area (Å²) in [7, 11) is 14.8. The second kappa shape index (κ2) is 21.8. The SMILES string of the molecule is C.CCOC(=O)c1[nH]c2ccccc2c1C(C)=O.CCOC(=O)c1cc2cc(C(C)=O)ccc2[nH]1.CCOC(=O)c1cc2ccccc2[nH]1.[Cl][Al]([Cl])[Cl]. The van der Waals surface area contributed by atoms with Crippen LogP contribution in [0.1, 0.15) is 94.2 Å². The summed E-state index contributed by atoms with van der Waals surface area (Å²) in [5.41, 5.74) is 4.72. The number of H-pyrrole nitrogens is 3. The maximum atomic E-state index is 11.7. The van der Waals surface area contributed by atoms with Gasteiger partial charge in [0.1, 0.15) is 17.1 Å². The molecule has 11 nitrogen and oxygen atoms in total. The summed E-state index contributed by atoms with van der Waals surface area (Å²) in [6.45, 7) is 9.26. The number of hydrogen-bond donors (Lipinski definition) is 3. The lowest BCUT2D eigenvalue weighted by Crippen LogP contribution is -2.09. The van der Waals surface area contributed by atoms with Gasteiger partial charge in [-0.05, 0) is 77.1 Å². The molecular formula is C38H41AlCl3N3O8. The Kier molecular flexibility index (Phi) is 18.4. The quantitative estimate of drug-likeness (QED) is 0.0594. The van der Waals surface area contributed by atoms with E-state index in [4.69, 9.17) is 44.4 Å². The maximum Gasteiger partial charge on any atom is 0.643 e. The number of aromatic nitrogens is 3. The van der Waals surface area contributed by atoms with Crippen LogP contribution >= 0.6 is 30.1 Å². The molecule has 0 radical (unpaired) electrons. The first-order chi connectivity index (χ1) is 24.8. The highest BCUT2D eigenvalue weighted by molar-refractivity contribution is 7.54. The Morgan fingerprint density at radius 1 is 0.585 bits per heavy atom. The fourth-order valence-electron chi connectivity index (χ4n) is 4.93. The summed E-state index contributed by atoms with van der Waals surface area (Å²) in [6, 6.07) is 23.8. The molecule has 6 aromatic rings. The van der Waals surface area contributed by atoms with Crippen molar-refractivity contribution in [1.82, 2.24) is 15.0 Å². The maximum absolute atomic E-state index is 11.7. The van der Waals surface area contributed by atoms with Gasteiger partial charge in [-0.25, -0.2) is 44.5 Å². The molecule has 0 spiro atoms. The molecule has 15 heteroatoms. The lowest BCUT2D eigenvalue weighted by atomic mass is 10.1. The molecule has 0 bridgehead atoms. The van der Waals surface area contributed by atoms with Crippen molar-refractivity contribution in [2.24, 2.45) is 0 Å². The highest BCUT2D eigenvalue weighted by Gasteiger charge is 2.21. The van der Waals surface area contributed by atoms with Crippen molar-refractivity contribution in [3.63, 3.8) is 0 Å². The van der Waals surface area contributed by atoms with Gasteiger partial charge in [-0.3, -0.25) is 9.59 Å². The molecule has 0 fully saturated rings. The van der Waals surface area contributed by atoms with E-state index in [0.717, 1.165) is 32.7 Å². The third-order valence-electron chi connectivity index (χ3n) is 7.09. The van der Waals surface area contributed by atoms with Crippen LogP contribution in [0.3, 0.4) is 0 Å². The zero-order chi connectivity index (χ0) is 38.4. The molecule has 0 aliphatic rings. The Hall–Kier alpha value is -4.57. The van der Waals surface area contributed by atoms with Gasteiger partial charge in [0, 0.05) is 38.3 Å².